The zero-order valence-corrected chi connectivity index (χ0v) is 11.1. The number of aromatic carboxylic acids is 1. The highest BCUT2D eigenvalue weighted by Gasteiger charge is 2.17. The number of aryl methyl sites for hydroxylation is 1. The zero-order valence-electron chi connectivity index (χ0n) is 9.48. The van der Waals surface area contributed by atoms with E-state index in [9.17, 15) is 9.90 Å². The largest absolute Gasteiger partial charge is 0.507 e. The van der Waals surface area contributed by atoms with Crippen molar-refractivity contribution in [3.05, 3.63) is 34.0 Å². The van der Waals surface area contributed by atoms with Gasteiger partial charge in [-0.2, -0.15) is 0 Å². The predicted octanol–water partition coefficient (Wildman–Crippen LogP) is 3.07. The fraction of sp³-hybridized carbons (Fsp3) is 0.167. The van der Waals surface area contributed by atoms with Crippen molar-refractivity contribution in [3.63, 3.8) is 0 Å². The molecule has 0 spiro atoms. The van der Waals surface area contributed by atoms with Crippen LogP contribution in [0.15, 0.2) is 27.2 Å². The maximum absolute atomic E-state index is 10.7. The second kappa shape index (κ2) is 4.81. The van der Waals surface area contributed by atoms with Crippen molar-refractivity contribution in [2.24, 2.45) is 0 Å². The number of carboxylic acid groups (broad SMARTS) is 1. The maximum Gasteiger partial charge on any atom is 0.374 e. The number of rotatable bonds is 3. The molecule has 1 heterocycles. The Kier molecular flexibility index (Phi) is 3.38. The lowest BCUT2D eigenvalue weighted by Gasteiger charge is -2.07. The van der Waals surface area contributed by atoms with Crippen molar-refractivity contribution >= 4 is 21.9 Å². The summed E-state index contributed by atoms with van der Waals surface area (Å²) in [6.07, 6.45) is 0.655. The fourth-order valence-electron chi connectivity index (χ4n) is 1.62. The van der Waals surface area contributed by atoms with Crippen molar-refractivity contribution in [2.75, 3.05) is 0 Å². The fourth-order valence-corrected chi connectivity index (χ4v) is 2.13. The number of hydrogen-bond acceptors (Lipinski definition) is 4. The molecule has 1 aromatic heterocycles. The van der Waals surface area contributed by atoms with Gasteiger partial charge in [0.1, 0.15) is 11.4 Å². The molecule has 0 saturated carbocycles. The van der Waals surface area contributed by atoms with E-state index in [2.05, 4.69) is 25.6 Å². The lowest BCUT2D eigenvalue weighted by molar-refractivity contribution is 0.0652. The van der Waals surface area contributed by atoms with Gasteiger partial charge >= 0.3 is 5.97 Å². The van der Waals surface area contributed by atoms with Crippen LogP contribution >= 0.6 is 15.9 Å². The van der Waals surface area contributed by atoms with Gasteiger partial charge < -0.3 is 14.7 Å². The number of carboxylic acids is 1. The number of aromatic nitrogens is 1. The van der Waals surface area contributed by atoms with Gasteiger partial charge in [0.15, 0.2) is 0 Å². The topological polar surface area (TPSA) is 83.6 Å². The predicted molar refractivity (Wildman–Crippen MR) is 67.6 cm³/mol. The second-order valence-corrected chi connectivity index (χ2v) is 4.61. The van der Waals surface area contributed by atoms with E-state index in [1.54, 1.807) is 12.1 Å². The van der Waals surface area contributed by atoms with Crippen molar-refractivity contribution in [1.29, 1.82) is 0 Å². The first kappa shape index (κ1) is 12.6. The van der Waals surface area contributed by atoms with Crippen molar-refractivity contribution < 1.29 is 19.5 Å². The summed E-state index contributed by atoms with van der Waals surface area (Å²) in [7, 11) is 0. The Labute approximate surface area is 111 Å². The highest BCUT2D eigenvalue weighted by Crippen LogP contribution is 2.35. The van der Waals surface area contributed by atoms with Crippen LogP contribution in [0.25, 0.3) is 11.3 Å². The summed E-state index contributed by atoms with van der Waals surface area (Å²) in [5.74, 6) is -1.37. The molecule has 0 radical (unpaired) electrons. The number of carbonyl (C=O) groups is 1. The first-order chi connectivity index (χ1) is 8.52. The molecule has 1 aromatic carbocycles. The highest BCUT2D eigenvalue weighted by atomic mass is 79.9. The summed E-state index contributed by atoms with van der Waals surface area (Å²) in [4.78, 5) is 10.7. The third kappa shape index (κ3) is 2.24. The van der Waals surface area contributed by atoms with Gasteiger partial charge in [0, 0.05) is 16.1 Å². The lowest BCUT2D eigenvalue weighted by atomic mass is 10.0. The molecule has 0 unspecified atom stereocenters. The van der Waals surface area contributed by atoms with Crippen molar-refractivity contribution in [1.82, 2.24) is 5.16 Å². The molecule has 2 rings (SSSR count). The minimum absolute atomic E-state index is 0.0888. The molecule has 0 bridgehead atoms. The summed E-state index contributed by atoms with van der Waals surface area (Å²) in [6.45, 7) is 1.91. The van der Waals surface area contributed by atoms with E-state index in [0.29, 0.717) is 17.7 Å². The molecule has 18 heavy (non-hydrogen) atoms. The van der Waals surface area contributed by atoms with Gasteiger partial charge in [-0.1, -0.05) is 28.0 Å². The van der Waals surface area contributed by atoms with E-state index in [-0.39, 0.29) is 11.5 Å². The molecule has 94 valence electrons. The van der Waals surface area contributed by atoms with E-state index >= 15 is 0 Å². The van der Waals surface area contributed by atoms with Gasteiger partial charge in [0.05, 0.1) is 0 Å². The second-order valence-electron chi connectivity index (χ2n) is 3.70. The Morgan fingerprint density at radius 3 is 2.72 bits per heavy atom. The van der Waals surface area contributed by atoms with Crippen LogP contribution in [-0.2, 0) is 6.42 Å². The number of nitrogens with zero attached hydrogens (tertiary/aromatic N) is 1. The molecule has 6 heteroatoms. The minimum atomic E-state index is -1.20. The van der Waals surface area contributed by atoms with E-state index in [0.717, 1.165) is 10.0 Å². The number of hydrogen-bond donors (Lipinski definition) is 2. The van der Waals surface area contributed by atoms with E-state index in [4.69, 9.17) is 5.11 Å². The molecular formula is C12H10BrNO4. The Morgan fingerprint density at radius 2 is 2.17 bits per heavy atom. The third-order valence-corrected chi connectivity index (χ3v) is 2.99. The zero-order chi connectivity index (χ0) is 13.3. The number of phenols is 1. The van der Waals surface area contributed by atoms with E-state index < -0.39 is 5.97 Å². The average molecular weight is 312 g/mol. The van der Waals surface area contributed by atoms with Crippen LogP contribution in [0.5, 0.6) is 5.75 Å². The molecule has 0 fully saturated rings. The number of aromatic hydroxyl groups is 1. The monoisotopic (exact) mass is 311 g/mol. The SMILES string of the molecule is CCc1cc(Br)cc(-c2cc(C(=O)O)on2)c1O. The molecule has 0 atom stereocenters. The van der Waals surface area contributed by atoms with Crippen LogP contribution in [0.3, 0.4) is 0 Å². The highest BCUT2D eigenvalue weighted by molar-refractivity contribution is 9.10. The number of benzene rings is 1. The van der Waals surface area contributed by atoms with Gasteiger partial charge in [-0.25, -0.2) is 4.79 Å². The normalized spacial score (nSPS) is 10.6. The van der Waals surface area contributed by atoms with Crippen LogP contribution in [0.2, 0.25) is 0 Å². The smallest absolute Gasteiger partial charge is 0.374 e. The first-order valence-electron chi connectivity index (χ1n) is 5.24. The standard InChI is InChI=1S/C12H10BrNO4/c1-2-6-3-7(13)4-8(11(6)15)9-5-10(12(16)17)18-14-9/h3-5,15H,2H2,1H3,(H,16,17). The molecule has 0 amide bonds. The number of halogens is 1. The van der Waals surface area contributed by atoms with Gasteiger partial charge in [0.2, 0.25) is 5.76 Å². The average Bonchev–Trinajstić information content (AvgIpc) is 2.81. The van der Waals surface area contributed by atoms with Gasteiger partial charge in [-0.3, -0.25) is 0 Å². The third-order valence-electron chi connectivity index (χ3n) is 2.53. The summed E-state index contributed by atoms with van der Waals surface area (Å²) in [5, 5.41) is 22.5. The van der Waals surface area contributed by atoms with E-state index in [1.165, 1.54) is 6.07 Å². The first-order valence-corrected chi connectivity index (χ1v) is 6.04. The lowest BCUT2D eigenvalue weighted by Crippen LogP contribution is -1.91. The minimum Gasteiger partial charge on any atom is -0.507 e. The summed E-state index contributed by atoms with van der Waals surface area (Å²) in [6, 6.07) is 4.75. The van der Waals surface area contributed by atoms with Crippen molar-refractivity contribution in [3.8, 4) is 17.0 Å². The van der Waals surface area contributed by atoms with Gasteiger partial charge in [-0.15, -0.1) is 0 Å². The molecule has 0 aliphatic carbocycles. The molecule has 0 aliphatic rings. The Balaban J connectivity index is 2.55. The quantitative estimate of drug-likeness (QED) is 0.910. The molecule has 2 N–H and O–H groups in total. The molecular weight excluding hydrogens is 302 g/mol. The Bertz CT molecular complexity index is 606. The van der Waals surface area contributed by atoms with Gasteiger partial charge in [-0.05, 0) is 24.1 Å². The van der Waals surface area contributed by atoms with E-state index in [1.807, 2.05) is 6.92 Å². The van der Waals surface area contributed by atoms with Crippen LogP contribution < -0.4 is 0 Å². The van der Waals surface area contributed by atoms with Crippen LogP contribution in [-0.4, -0.2) is 21.3 Å². The Hall–Kier alpha value is -1.82. The van der Waals surface area contributed by atoms with Crippen LogP contribution in [0.1, 0.15) is 23.0 Å². The number of phenolic OH excluding ortho intramolecular Hbond substituents is 1. The summed E-state index contributed by atoms with van der Waals surface area (Å²) < 4.78 is 5.46. The Morgan fingerprint density at radius 1 is 1.44 bits per heavy atom. The molecule has 5 nitrogen and oxygen atoms in total. The summed E-state index contributed by atoms with van der Waals surface area (Å²) >= 11 is 3.34. The summed E-state index contributed by atoms with van der Waals surface area (Å²) in [5.41, 5.74) is 1.48. The molecule has 2 aromatic rings. The van der Waals surface area contributed by atoms with Crippen LogP contribution in [0, 0.1) is 0 Å². The van der Waals surface area contributed by atoms with Crippen molar-refractivity contribution in [2.45, 2.75) is 13.3 Å². The van der Waals surface area contributed by atoms with Crippen LogP contribution in [0.4, 0.5) is 0 Å². The molecule has 0 aliphatic heterocycles. The van der Waals surface area contributed by atoms with Gasteiger partial charge in [0.25, 0.3) is 0 Å². The molecule has 0 saturated heterocycles. The maximum atomic E-state index is 10.7.